The number of benzene rings is 1. The molecule has 2 aliphatic heterocycles. The van der Waals surface area contributed by atoms with E-state index in [1.807, 2.05) is 0 Å². The van der Waals surface area contributed by atoms with Crippen LogP contribution in [0.15, 0.2) is 18.2 Å². The Labute approximate surface area is 199 Å². The topological polar surface area (TPSA) is 69.6 Å². The van der Waals surface area contributed by atoms with Gasteiger partial charge >= 0.3 is 12.1 Å². The first kappa shape index (κ1) is 26.5. The van der Waals surface area contributed by atoms with Crippen molar-refractivity contribution in [2.75, 3.05) is 25.0 Å². The van der Waals surface area contributed by atoms with Gasteiger partial charge in [0.2, 0.25) is 5.91 Å². The minimum absolute atomic E-state index is 0.209. The van der Waals surface area contributed by atoms with Gasteiger partial charge in [-0.05, 0) is 51.2 Å². The molecule has 2 heterocycles. The van der Waals surface area contributed by atoms with Gasteiger partial charge in [0.1, 0.15) is 13.1 Å². The van der Waals surface area contributed by atoms with Gasteiger partial charge in [-0.3, -0.25) is 4.79 Å². The van der Waals surface area contributed by atoms with Gasteiger partial charge in [-0.25, -0.2) is 9.39 Å². The second kappa shape index (κ2) is 11.1. The van der Waals surface area contributed by atoms with E-state index in [9.17, 15) is 18.0 Å². The molecule has 0 spiro atoms. The maximum Gasteiger partial charge on any atom is 0.490 e. The lowest BCUT2D eigenvalue weighted by molar-refractivity contribution is -0.192. The molecule has 1 aromatic rings. The van der Waals surface area contributed by atoms with Crippen LogP contribution in [0.3, 0.4) is 0 Å². The molecule has 0 unspecified atom stereocenters. The summed E-state index contributed by atoms with van der Waals surface area (Å²) >= 11 is 0. The number of alkyl halides is 3. The highest BCUT2D eigenvalue weighted by Gasteiger charge is 2.45. The van der Waals surface area contributed by atoms with Crippen molar-refractivity contribution in [2.24, 2.45) is 5.92 Å². The zero-order valence-electron chi connectivity index (χ0n) is 20.2. The van der Waals surface area contributed by atoms with Crippen LogP contribution < -0.4 is 9.91 Å². The molecule has 3 fully saturated rings. The number of rotatable bonds is 4. The fourth-order valence-electron chi connectivity index (χ4n) is 5.66. The third-order valence-electron chi connectivity index (χ3n) is 7.48. The molecule has 1 atom stereocenters. The minimum Gasteiger partial charge on any atom is -0.475 e. The number of hydrogen-bond acceptors (Lipinski definition) is 3. The van der Waals surface area contributed by atoms with Gasteiger partial charge in [0.05, 0.1) is 6.04 Å². The Morgan fingerprint density at radius 1 is 1.03 bits per heavy atom. The average molecular weight is 485 g/mol. The summed E-state index contributed by atoms with van der Waals surface area (Å²) in [5, 5.41) is 13.1. The Hall–Kier alpha value is -2.13. The van der Waals surface area contributed by atoms with Crippen LogP contribution in [0.1, 0.15) is 70.3 Å². The van der Waals surface area contributed by atoms with Crippen molar-refractivity contribution < 1.29 is 27.9 Å². The van der Waals surface area contributed by atoms with E-state index in [2.05, 4.69) is 42.4 Å². The smallest absolute Gasteiger partial charge is 0.475 e. The Bertz CT molecular complexity index is 863. The molecule has 0 aromatic heterocycles. The standard InChI is InChI=1S/C23H35N3O.C2HF3O2/c1-18-17-21(26(15-6-7-16-26)25-14-8-9-19(25)2)12-13-22(18)24-23(27)20-10-4-3-5-11-20;3-2(4,5)1(6)7/h12-13,17,19-20H,3-11,14-16H2,1-2H3;(H,6,7)/p+1/t19-;/m0./s1. The van der Waals surface area contributed by atoms with Crippen LogP contribution in [-0.4, -0.2) is 53.8 Å². The van der Waals surface area contributed by atoms with Gasteiger partial charge < -0.3 is 10.4 Å². The van der Waals surface area contributed by atoms with Crippen LogP contribution >= 0.6 is 0 Å². The maximum atomic E-state index is 12.7. The second-order valence-corrected chi connectivity index (χ2v) is 9.86. The molecule has 0 bridgehead atoms. The number of carbonyl (C=O) groups excluding carboxylic acids is 1. The molecule has 1 amide bonds. The van der Waals surface area contributed by atoms with Crippen molar-refractivity contribution in [3.05, 3.63) is 23.8 Å². The van der Waals surface area contributed by atoms with E-state index < -0.39 is 12.1 Å². The fourth-order valence-corrected chi connectivity index (χ4v) is 5.66. The lowest BCUT2D eigenvalue weighted by atomic mass is 9.88. The molecule has 2 saturated heterocycles. The van der Waals surface area contributed by atoms with Crippen molar-refractivity contribution >= 4 is 23.3 Å². The van der Waals surface area contributed by atoms with E-state index >= 15 is 0 Å². The molecule has 1 aromatic carbocycles. The van der Waals surface area contributed by atoms with Crippen LogP contribution in [0.5, 0.6) is 0 Å². The number of nitrogens with one attached hydrogen (secondary N) is 1. The first-order valence-electron chi connectivity index (χ1n) is 12.4. The van der Waals surface area contributed by atoms with E-state index in [0.717, 1.165) is 23.1 Å². The van der Waals surface area contributed by atoms with Crippen LogP contribution in [0.4, 0.5) is 24.5 Å². The first-order chi connectivity index (χ1) is 16.0. The van der Waals surface area contributed by atoms with Gasteiger partial charge in [-0.15, -0.1) is 5.01 Å². The van der Waals surface area contributed by atoms with Crippen molar-refractivity contribution in [3.8, 4) is 0 Å². The lowest BCUT2D eigenvalue weighted by Gasteiger charge is -2.43. The van der Waals surface area contributed by atoms with Crippen molar-refractivity contribution in [3.63, 3.8) is 0 Å². The number of aliphatic carboxylic acids is 1. The molecule has 0 radical (unpaired) electrons. The predicted molar refractivity (Wildman–Crippen MR) is 126 cm³/mol. The molecule has 2 N–H and O–H groups in total. The summed E-state index contributed by atoms with van der Waals surface area (Å²) in [6.07, 6.45) is 5.95. The first-order valence-corrected chi connectivity index (χ1v) is 12.4. The monoisotopic (exact) mass is 484 g/mol. The molecule has 34 heavy (non-hydrogen) atoms. The van der Waals surface area contributed by atoms with Crippen LogP contribution in [0.2, 0.25) is 0 Å². The molecule has 190 valence electrons. The number of carboxylic acid groups (broad SMARTS) is 1. The van der Waals surface area contributed by atoms with Gasteiger partial charge in [0.25, 0.3) is 0 Å². The maximum absolute atomic E-state index is 12.7. The van der Waals surface area contributed by atoms with E-state index in [4.69, 9.17) is 9.90 Å². The zero-order chi connectivity index (χ0) is 24.9. The molecule has 9 heteroatoms. The number of aryl methyl sites for hydroxylation is 1. The summed E-state index contributed by atoms with van der Waals surface area (Å²) in [4.78, 5) is 21.5. The number of anilines is 1. The second-order valence-electron chi connectivity index (χ2n) is 9.86. The summed E-state index contributed by atoms with van der Waals surface area (Å²) in [5.74, 6) is -2.32. The van der Waals surface area contributed by atoms with Crippen molar-refractivity contribution in [2.45, 2.75) is 83.9 Å². The molecule has 3 aliphatic rings. The number of quaternary nitrogens is 1. The van der Waals surface area contributed by atoms with E-state index in [1.165, 1.54) is 75.8 Å². The lowest BCUT2D eigenvalue weighted by Crippen LogP contribution is -2.61. The molecule has 6 nitrogen and oxygen atoms in total. The Balaban J connectivity index is 0.000000406. The van der Waals surface area contributed by atoms with Crippen LogP contribution in [0, 0.1) is 12.8 Å². The van der Waals surface area contributed by atoms with Crippen LogP contribution in [0.25, 0.3) is 0 Å². The highest BCUT2D eigenvalue weighted by Crippen LogP contribution is 2.38. The Kier molecular flexibility index (Phi) is 8.62. The highest BCUT2D eigenvalue weighted by molar-refractivity contribution is 5.93. The summed E-state index contributed by atoms with van der Waals surface area (Å²) in [6.45, 7) is 8.19. The normalized spacial score (nSPS) is 23.3. The number of nitrogens with zero attached hydrogens (tertiary/aromatic N) is 2. The summed E-state index contributed by atoms with van der Waals surface area (Å²) < 4.78 is 32.8. The van der Waals surface area contributed by atoms with Gasteiger partial charge in [-0.1, -0.05) is 19.3 Å². The van der Waals surface area contributed by atoms with Crippen LogP contribution in [-0.2, 0) is 9.59 Å². The van der Waals surface area contributed by atoms with Crippen molar-refractivity contribution in [1.82, 2.24) is 9.60 Å². The largest absolute Gasteiger partial charge is 0.490 e. The molecular formula is C25H37F3N3O3+. The molecular weight excluding hydrogens is 447 g/mol. The minimum atomic E-state index is -5.08. The summed E-state index contributed by atoms with van der Waals surface area (Å²) in [7, 11) is 0. The average Bonchev–Trinajstić information content (AvgIpc) is 3.45. The predicted octanol–water partition coefficient (Wildman–Crippen LogP) is 5.65. The van der Waals surface area contributed by atoms with Gasteiger partial charge in [0.15, 0.2) is 5.69 Å². The zero-order valence-corrected chi connectivity index (χ0v) is 20.2. The van der Waals surface area contributed by atoms with Gasteiger partial charge in [0, 0.05) is 43.1 Å². The van der Waals surface area contributed by atoms with E-state index in [-0.39, 0.29) is 11.8 Å². The third kappa shape index (κ3) is 6.10. The van der Waals surface area contributed by atoms with Gasteiger partial charge in [-0.2, -0.15) is 13.2 Å². The summed E-state index contributed by atoms with van der Waals surface area (Å²) in [6, 6.07) is 7.44. The van der Waals surface area contributed by atoms with Crippen molar-refractivity contribution in [1.29, 1.82) is 0 Å². The molecule has 1 saturated carbocycles. The third-order valence-corrected chi connectivity index (χ3v) is 7.48. The summed E-state index contributed by atoms with van der Waals surface area (Å²) in [5.41, 5.74) is 3.61. The van der Waals surface area contributed by atoms with E-state index in [1.54, 1.807) is 0 Å². The number of amides is 1. The number of carbonyl (C=O) groups is 2. The number of halogens is 3. The molecule has 4 rings (SSSR count). The Morgan fingerprint density at radius 2 is 1.65 bits per heavy atom. The number of hydrogen-bond donors (Lipinski definition) is 2. The van der Waals surface area contributed by atoms with E-state index in [0.29, 0.717) is 6.04 Å². The highest BCUT2D eigenvalue weighted by atomic mass is 19.4. The molecule has 1 aliphatic carbocycles. The Morgan fingerprint density at radius 3 is 2.15 bits per heavy atom. The number of carboxylic acids is 1. The quantitative estimate of drug-likeness (QED) is 0.542. The SMILES string of the molecule is Cc1cc([N+]2(N3CCC[C@@H]3C)CCCC2)ccc1NC(=O)C1CCCCC1.O=C(O)C(F)(F)F. The fraction of sp³-hybridized carbons (Fsp3) is 0.680.